The number of nitrogens with one attached hydrogen (secondary N) is 1. The van der Waals surface area contributed by atoms with Crippen LogP contribution in [0.25, 0.3) is 10.8 Å². The van der Waals surface area contributed by atoms with Gasteiger partial charge in [-0.2, -0.15) is 0 Å². The molecule has 3 aromatic rings. The molecule has 0 spiro atoms. The lowest BCUT2D eigenvalue weighted by Crippen LogP contribution is -2.27. The molecule has 0 aliphatic carbocycles. The number of aliphatic imine (C=N–C) groups is 1. The van der Waals surface area contributed by atoms with Gasteiger partial charge in [0.2, 0.25) is 0 Å². The summed E-state index contributed by atoms with van der Waals surface area (Å²) in [5.74, 6) is 1.95. The molecule has 3 nitrogen and oxygen atoms in total. The van der Waals surface area contributed by atoms with Crippen molar-refractivity contribution < 1.29 is 4.74 Å². The van der Waals surface area contributed by atoms with Gasteiger partial charge in [0.15, 0.2) is 5.17 Å². The molecule has 0 saturated carbocycles. The lowest BCUT2D eigenvalue weighted by atomic mass is 9.94. The predicted molar refractivity (Wildman–Crippen MR) is 111 cm³/mol. The van der Waals surface area contributed by atoms with E-state index in [0.717, 1.165) is 29.6 Å². The second-order valence-corrected chi connectivity index (χ2v) is 7.44. The summed E-state index contributed by atoms with van der Waals surface area (Å²) < 4.78 is 5.40. The highest BCUT2D eigenvalue weighted by Crippen LogP contribution is 2.29. The van der Waals surface area contributed by atoms with Crippen LogP contribution in [0.1, 0.15) is 17.2 Å². The summed E-state index contributed by atoms with van der Waals surface area (Å²) in [6, 6.07) is 23.6. The molecule has 0 aromatic heterocycles. The number of nitrogens with zero attached hydrogens (tertiary/aromatic N) is 1. The van der Waals surface area contributed by atoms with Crippen LogP contribution < -0.4 is 10.1 Å². The smallest absolute Gasteiger partial charge is 0.157 e. The maximum absolute atomic E-state index is 5.40. The fourth-order valence-corrected chi connectivity index (χ4v) is 4.18. The van der Waals surface area contributed by atoms with E-state index in [1.54, 1.807) is 18.9 Å². The molecule has 1 unspecified atom stereocenters. The summed E-state index contributed by atoms with van der Waals surface area (Å²) in [5, 5.41) is 7.29. The minimum Gasteiger partial charge on any atom is -0.497 e. The molecule has 1 atom stereocenters. The first kappa shape index (κ1) is 17.0. The second-order valence-electron chi connectivity index (χ2n) is 6.36. The number of rotatable bonds is 5. The normalized spacial score (nSPS) is 14.9. The number of hydrogen-bond acceptors (Lipinski definition) is 4. The number of benzene rings is 3. The van der Waals surface area contributed by atoms with Crippen molar-refractivity contribution >= 4 is 27.7 Å². The van der Waals surface area contributed by atoms with Crippen LogP contribution in [0.3, 0.4) is 0 Å². The molecular weight excluding hydrogens is 340 g/mol. The molecule has 0 amide bonds. The second kappa shape index (κ2) is 7.83. The number of thioether (sulfide) groups is 1. The van der Waals surface area contributed by atoms with E-state index in [1.165, 1.54) is 21.9 Å². The number of hydrogen-bond donors (Lipinski definition) is 1. The van der Waals surface area contributed by atoms with E-state index in [-0.39, 0.29) is 6.04 Å². The average molecular weight is 362 g/mol. The molecule has 26 heavy (non-hydrogen) atoms. The average Bonchev–Trinajstić information content (AvgIpc) is 3.20. The predicted octanol–water partition coefficient (Wildman–Crippen LogP) is 4.82. The number of amidine groups is 1. The van der Waals surface area contributed by atoms with Crippen molar-refractivity contribution in [3.8, 4) is 5.75 Å². The van der Waals surface area contributed by atoms with Gasteiger partial charge in [-0.05, 0) is 40.5 Å². The molecule has 4 rings (SSSR count). The van der Waals surface area contributed by atoms with E-state index < -0.39 is 0 Å². The van der Waals surface area contributed by atoms with Crippen molar-refractivity contribution in [1.29, 1.82) is 0 Å². The zero-order chi connectivity index (χ0) is 17.8. The van der Waals surface area contributed by atoms with Gasteiger partial charge >= 0.3 is 0 Å². The van der Waals surface area contributed by atoms with Gasteiger partial charge < -0.3 is 10.1 Å². The standard InChI is InChI=1S/C22H22N2OS/c1-25-18-9-4-6-16(14-18)15-21(24-22-23-12-13-26-22)20-11-5-8-17-7-2-3-10-19(17)20/h2-11,14,21H,12-13,15H2,1H3,(H,23,24). The Bertz CT molecular complexity index is 933. The van der Waals surface area contributed by atoms with Gasteiger partial charge in [0.05, 0.1) is 19.7 Å². The quantitative estimate of drug-likeness (QED) is 0.706. The van der Waals surface area contributed by atoms with Crippen molar-refractivity contribution in [2.24, 2.45) is 4.99 Å². The van der Waals surface area contributed by atoms with Crippen molar-refractivity contribution in [3.05, 3.63) is 77.9 Å². The van der Waals surface area contributed by atoms with Crippen LogP contribution in [0, 0.1) is 0 Å². The van der Waals surface area contributed by atoms with Crippen LogP contribution in [-0.2, 0) is 6.42 Å². The Kier molecular flexibility index (Phi) is 5.12. The van der Waals surface area contributed by atoms with Crippen LogP contribution in [0.5, 0.6) is 5.75 Å². The lowest BCUT2D eigenvalue weighted by molar-refractivity contribution is 0.414. The molecule has 0 fully saturated rings. The van der Waals surface area contributed by atoms with Crippen LogP contribution in [-0.4, -0.2) is 24.6 Å². The first-order valence-corrected chi connectivity index (χ1v) is 9.86. The Morgan fingerprint density at radius 1 is 1.08 bits per heavy atom. The van der Waals surface area contributed by atoms with Crippen LogP contribution in [0.2, 0.25) is 0 Å². The molecule has 1 aliphatic rings. The summed E-state index contributed by atoms with van der Waals surface area (Å²) in [5.41, 5.74) is 2.56. The monoisotopic (exact) mass is 362 g/mol. The van der Waals surface area contributed by atoms with Crippen molar-refractivity contribution in [3.63, 3.8) is 0 Å². The first-order valence-electron chi connectivity index (χ1n) is 8.88. The molecule has 0 bridgehead atoms. The zero-order valence-corrected chi connectivity index (χ0v) is 15.6. The van der Waals surface area contributed by atoms with Gasteiger partial charge in [-0.1, -0.05) is 66.4 Å². The highest BCUT2D eigenvalue weighted by molar-refractivity contribution is 8.14. The Balaban J connectivity index is 1.72. The Morgan fingerprint density at radius 2 is 1.92 bits per heavy atom. The van der Waals surface area contributed by atoms with Crippen molar-refractivity contribution in [1.82, 2.24) is 5.32 Å². The number of methoxy groups -OCH3 is 1. The molecular formula is C22H22N2OS. The van der Waals surface area contributed by atoms with Gasteiger partial charge in [0.25, 0.3) is 0 Å². The summed E-state index contributed by atoms with van der Waals surface area (Å²) in [4.78, 5) is 4.60. The van der Waals surface area contributed by atoms with E-state index in [2.05, 4.69) is 71.0 Å². The largest absolute Gasteiger partial charge is 0.497 e. The Labute approximate surface area is 158 Å². The van der Waals surface area contributed by atoms with Gasteiger partial charge in [-0.3, -0.25) is 4.99 Å². The fourth-order valence-electron chi connectivity index (χ4n) is 3.40. The highest BCUT2D eigenvalue weighted by Gasteiger charge is 2.19. The summed E-state index contributed by atoms with van der Waals surface area (Å²) in [7, 11) is 1.71. The van der Waals surface area contributed by atoms with E-state index in [0.29, 0.717) is 0 Å². The van der Waals surface area contributed by atoms with Crippen LogP contribution >= 0.6 is 11.8 Å². The molecule has 1 aliphatic heterocycles. The summed E-state index contributed by atoms with van der Waals surface area (Å²) in [6.45, 7) is 0.897. The molecule has 3 aromatic carbocycles. The van der Waals surface area contributed by atoms with E-state index in [9.17, 15) is 0 Å². The third kappa shape index (κ3) is 3.70. The van der Waals surface area contributed by atoms with Gasteiger partial charge in [-0.15, -0.1) is 0 Å². The van der Waals surface area contributed by atoms with Crippen molar-refractivity contribution in [2.75, 3.05) is 19.4 Å². The number of fused-ring (bicyclic) bond motifs is 1. The molecule has 1 heterocycles. The highest BCUT2D eigenvalue weighted by atomic mass is 32.2. The van der Waals surface area contributed by atoms with E-state index in [1.807, 2.05) is 6.07 Å². The lowest BCUT2D eigenvalue weighted by Gasteiger charge is -2.22. The Hall–Kier alpha value is -2.46. The topological polar surface area (TPSA) is 33.6 Å². The van der Waals surface area contributed by atoms with Crippen molar-refractivity contribution in [2.45, 2.75) is 12.5 Å². The fraction of sp³-hybridized carbons (Fsp3) is 0.227. The van der Waals surface area contributed by atoms with Gasteiger partial charge in [-0.25, -0.2) is 0 Å². The molecule has 1 N–H and O–H groups in total. The third-order valence-electron chi connectivity index (χ3n) is 4.66. The van der Waals surface area contributed by atoms with E-state index in [4.69, 9.17) is 4.74 Å². The van der Waals surface area contributed by atoms with Gasteiger partial charge in [0, 0.05) is 5.75 Å². The SMILES string of the molecule is COc1cccc(CC(NC2=NCCS2)c2cccc3ccccc23)c1. The first-order chi connectivity index (χ1) is 12.8. The zero-order valence-electron chi connectivity index (χ0n) is 14.8. The van der Waals surface area contributed by atoms with Gasteiger partial charge in [0.1, 0.15) is 5.75 Å². The molecule has 132 valence electrons. The maximum atomic E-state index is 5.40. The summed E-state index contributed by atoms with van der Waals surface area (Å²) in [6.07, 6.45) is 0.880. The van der Waals surface area contributed by atoms with E-state index >= 15 is 0 Å². The Morgan fingerprint density at radius 3 is 2.77 bits per heavy atom. The molecule has 4 heteroatoms. The third-order valence-corrected chi connectivity index (χ3v) is 5.56. The minimum absolute atomic E-state index is 0.164. The number of ether oxygens (including phenoxy) is 1. The minimum atomic E-state index is 0.164. The molecule has 0 radical (unpaired) electrons. The van der Waals surface area contributed by atoms with Crippen LogP contribution in [0.15, 0.2) is 71.7 Å². The summed E-state index contributed by atoms with van der Waals surface area (Å²) >= 11 is 1.80. The maximum Gasteiger partial charge on any atom is 0.157 e. The molecule has 0 saturated heterocycles. The van der Waals surface area contributed by atoms with Crippen LogP contribution in [0.4, 0.5) is 0 Å².